The summed E-state index contributed by atoms with van der Waals surface area (Å²) in [6.07, 6.45) is 10.4. The predicted octanol–water partition coefficient (Wildman–Crippen LogP) is 1.49. The van der Waals surface area contributed by atoms with Gasteiger partial charge in [0.15, 0.2) is 0 Å². The maximum atomic E-state index is 12.1. The van der Waals surface area contributed by atoms with Gasteiger partial charge in [-0.25, -0.2) is 4.99 Å². The Morgan fingerprint density at radius 3 is 3.08 bits per heavy atom. The summed E-state index contributed by atoms with van der Waals surface area (Å²) in [5, 5.41) is 3.00. The highest BCUT2D eigenvalue weighted by Gasteiger charge is 2.26. The molecule has 0 aromatic carbocycles. The van der Waals surface area contributed by atoms with Crippen LogP contribution in [0.25, 0.3) is 0 Å². The summed E-state index contributed by atoms with van der Waals surface area (Å²) < 4.78 is 0. The molecule has 24 heavy (non-hydrogen) atoms. The van der Waals surface area contributed by atoms with Crippen LogP contribution >= 0.6 is 0 Å². The molecule has 2 heterocycles. The molecule has 128 valence electrons. The lowest BCUT2D eigenvalue weighted by Crippen LogP contribution is -2.40. The molecule has 1 saturated heterocycles. The van der Waals surface area contributed by atoms with E-state index >= 15 is 0 Å². The molecule has 0 saturated carbocycles. The van der Waals surface area contributed by atoms with E-state index < -0.39 is 0 Å². The van der Waals surface area contributed by atoms with Crippen LogP contribution in [0, 0.1) is 5.92 Å². The standard InChI is InChI=1S/C18H24N4O2/c1-2-22-11-5-6-13(22)12-19-17(23)10-9-16-20-15-8-4-3-7-14(15)18(24)21-16/h3-4,7-8,13-14H,2,5-6,9-12H2,1H3,(H,19,23). The number of allylic oxidation sites excluding steroid dienone is 3. The zero-order valence-corrected chi connectivity index (χ0v) is 14.1. The van der Waals surface area contributed by atoms with E-state index in [4.69, 9.17) is 0 Å². The average molecular weight is 328 g/mol. The van der Waals surface area contributed by atoms with Crippen molar-refractivity contribution in [2.24, 2.45) is 15.9 Å². The van der Waals surface area contributed by atoms with Crippen LogP contribution in [0.1, 0.15) is 32.6 Å². The van der Waals surface area contributed by atoms with Crippen LogP contribution < -0.4 is 5.32 Å². The van der Waals surface area contributed by atoms with E-state index in [1.807, 2.05) is 18.2 Å². The zero-order chi connectivity index (χ0) is 16.9. The van der Waals surface area contributed by atoms with E-state index in [9.17, 15) is 9.59 Å². The molecule has 0 spiro atoms. The van der Waals surface area contributed by atoms with Crippen molar-refractivity contribution in [3.63, 3.8) is 0 Å². The van der Waals surface area contributed by atoms with Gasteiger partial charge in [0.25, 0.3) is 5.91 Å². The molecule has 2 amide bonds. The number of hydrogen-bond acceptors (Lipinski definition) is 4. The van der Waals surface area contributed by atoms with Gasteiger partial charge in [-0.3, -0.25) is 14.5 Å². The molecule has 2 atom stereocenters. The third-order valence-electron chi connectivity index (χ3n) is 4.78. The van der Waals surface area contributed by atoms with E-state index in [0.29, 0.717) is 31.3 Å². The number of carbonyl (C=O) groups is 2. The summed E-state index contributed by atoms with van der Waals surface area (Å²) in [5.74, 6) is -0.0950. The Labute approximate surface area is 142 Å². The minimum atomic E-state index is -0.352. The Balaban J connectivity index is 1.46. The van der Waals surface area contributed by atoms with E-state index in [2.05, 4.69) is 27.1 Å². The number of likely N-dealkylation sites (N-methyl/N-ethyl adjacent to an activating group) is 1. The lowest BCUT2D eigenvalue weighted by atomic mass is 9.96. The Bertz CT molecular complexity index is 633. The van der Waals surface area contributed by atoms with E-state index in [-0.39, 0.29) is 17.7 Å². The largest absolute Gasteiger partial charge is 0.355 e. The van der Waals surface area contributed by atoms with Crippen molar-refractivity contribution in [2.45, 2.75) is 38.6 Å². The van der Waals surface area contributed by atoms with Crippen LogP contribution in [0.5, 0.6) is 0 Å². The minimum absolute atomic E-state index is 0.00509. The molecule has 3 aliphatic rings. The molecule has 1 N–H and O–H groups in total. The van der Waals surface area contributed by atoms with Crippen molar-refractivity contribution in [1.82, 2.24) is 10.2 Å². The molecular formula is C18H24N4O2. The number of amidine groups is 1. The molecule has 1 fully saturated rings. The summed E-state index contributed by atoms with van der Waals surface area (Å²) in [6.45, 7) is 5.00. The van der Waals surface area contributed by atoms with Crippen LogP contribution in [0.2, 0.25) is 0 Å². The number of rotatable bonds is 6. The monoisotopic (exact) mass is 328 g/mol. The summed E-state index contributed by atoms with van der Waals surface area (Å²) in [5.41, 5.74) is 0.720. The molecule has 0 radical (unpaired) electrons. The molecule has 1 aliphatic carbocycles. The van der Waals surface area contributed by atoms with Crippen LogP contribution in [0.3, 0.4) is 0 Å². The number of carbonyl (C=O) groups excluding carboxylic acids is 2. The normalized spacial score (nSPS) is 26.1. The molecule has 2 aliphatic heterocycles. The highest BCUT2D eigenvalue weighted by molar-refractivity contribution is 6.21. The van der Waals surface area contributed by atoms with Crippen molar-refractivity contribution in [2.75, 3.05) is 19.6 Å². The van der Waals surface area contributed by atoms with Crippen molar-refractivity contribution >= 4 is 23.4 Å². The van der Waals surface area contributed by atoms with Gasteiger partial charge in [0, 0.05) is 25.4 Å². The molecule has 3 rings (SSSR count). The maximum absolute atomic E-state index is 12.1. The van der Waals surface area contributed by atoms with Crippen molar-refractivity contribution in [3.05, 3.63) is 24.3 Å². The Kier molecular flexibility index (Phi) is 5.35. The Morgan fingerprint density at radius 2 is 2.25 bits per heavy atom. The van der Waals surface area contributed by atoms with Crippen LogP contribution in [-0.2, 0) is 9.59 Å². The van der Waals surface area contributed by atoms with Gasteiger partial charge < -0.3 is 5.32 Å². The third-order valence-corrected chi connectivity index (χ3v) is 4.78. The summed E-state index contributed by atoms with van der Waals surface area (Å²) in [4.78, 5) is 34.9. The molecule has 0 aromatic rings. The summed E-state index contributed by atoms with van der Waals surface area (Å²) in [6, 6.07) is 0.452. The second kappa shape index (κ2) is 7.66. The van der Waals surface area contributed by atoms with E-state index in [1.54, 1.807) is 6.08 Å². The van der Waals surface area contributed by atoms with Crippen molar-refractivity contribution in [3.8, 4) is 0 Å². The first-order valence-corrected chi connectivity index (χ1v) is 8.73. The summed E-state index contributed by atoms with van der Waals surface area (Å²) in [7, 11) is 0. The second-order valence-electron chi connectivity index (χ2n) is 6.35. The van der Waals surface area contributed by atoms with Crippen molar-refractivity contribution in [1.29, 1.82) is 0 Å². The number of amides is 2. The van der Waals surface area contributed by atoms with Gasteiger partial charge in [0.05, 0.1) is 5.71 Å². The van der Waals surface area contributed by atoms with Crippen molar-refractivity contribution < 1.29 is 9.59 Å². The fourth-order valence-corrected chi connectivity index (χ4v) is 3.42. The molecule has 6 heteroatoms. The topological polar surface area (TPSA) is 74.1 Å². The molecule has 0 aromatic heterocycles. The molecule has 2 unspecified atom stereocenters. The summed E-state index contributed by atoms with van der Waals surface area (Å²) >= 11 is 0. The highest BCUT2D eigenvalue weighted by atomic mass is 16.2. The van der Waals surface area contributed by atoms with Gasteiger partial charge in [-0.1, -0.05) is 25.2 Å². The first-order valence-electron chi connectivity index (χ1n) is 8.73. The lowest BCUT2D eigenvalue weighted by Gasteiger charge is -2.23. The second-order valence-corrected chi connectivity index (χ2v) is 6.35. The minimum Gasteiger partial charge on any atom is -0.355 e. The zero-order valence-electron chi connectivity index (χ0n) is 14.1. The first-order chi connectivity index (χ1) is 11.7. The van der Waals surface area contributed by atoms with Gasteiger partial charge >= 0.3 is 0 Å². The van der Waals surface area contributed by atoms with E-state index in [1.165, 1.54) is 6.42 Å². The van der Waals surface area contributed by atoms with Gasteiger partial charge in [0.2, 0.25) is 5.91 Å². The number of aliphatic imine (C=N–C) groups is 2. The quantitative estimate of drug-likeness (QED) is 0.803. The first kappa shape index (κ1) is 16.8. The van der Waals surface area contributed by atoms with Crippen LogP contribution in [0.15, 0.2) is 34.3 Å². The van der Waals surface area contributed by atoms with Crippen LogP contribution in [0.4, 0.5) is 0 Å². The maximum Gasteiger partial charge on any atom is 0.260 e. The molecule has 0 bridgehead atoms. The highest BCUT2D eigenvalue weighted by Crippen LogP contribution is 2.18. The SMILES string of the molecule is CCN1CCCC1CNC(=O)CCC1=NC(=O)C2C=CC=CC2=N1. The Morgan fingerprint density at radius 1 is 1.38 bits per heavy atom. The number of fused-ring (bicyclic) bond motifs is 1. The van der Waals surface area contributed by atoms with Gasteiger partial charge in [-0.2, -0.15) is 4.99 Å². The predicted molar refractivity (Wildman–Crippen MR) is 94.2 cm³/mol. The fraction of sp³-hybridized carbons (Fsp3) is 0.556. The van der Waals surface area contributed by atoms with Gasteiger partial charge in [0.1, 0.15) is 11.8 Å². The van der Waals surface area contributed by atoms with Gasteiger partial charge in [-0.15, -0.1) is 0 Å². The fourth-order valence-electron chi connectivity index (χ4n) is 3.42. The number of likely N-dealkylation sites (tertiary alicyclic amines) is 1. The lowest BCUT2D eigenvalue weighted by molar-refractivity contribution is -0.121. The average Bonchev–Trinajstić information content (AvgIpc) is 3.06. The van der Waals surface area contributed by atoms with E-state index in [0.717, 1.165) is 25.2 Å². The molecular weight excluding hydrogens is 304 g/mol. The number of nitrogens with one attached hydrogen (secondary N) is 1. The third kappa shape index (κ3) is 3.87. The number of hydrogen-bond donors (Lipinski definition) is 1. The Hall–Kier alpha value is -2.08. The van der Waals surface area contributed by atoms with Gasteiger partial charge in [-0.05, 0) is 32.0 Å². The molecule has 6 nitrogen and oxygen atoms in total. The van der Waals surface area contributed by atoms with Crippen LogP contribution in [-0.4, -0.2) is 53.9 Å². The number of nitrogens with zero attached hydrogens (tertiary/aromatic N) is 3. The smallest absolute Gasteiger partial charge is 0.260 e.